The summed E-state index contributed by atoms with van der Waals surface area (Å²) in [6, 6.07) is 2.09. The van der Waals surface area contributed by atoms with Gasteiger partial charge in [0, 0.05) is 37.9 Å². The molecule has 1 aromatic rings. The number of rotatable bonds is 4. The summed E-state index contributed by atoms with van der Waals surface area (Å²) in [7, 11) is 1.96. The number of morpholine rings is 1. The number of ether oxygens (including phenoxy) is 1. The number of carbonyl (C=O) groups excluding carboxylic acids is 1. The van der Waals surface area contributed by atoms with Gasteiger partial charge in [0.2, 0.25) is 0 Å². The lowest BCUT2D eigenvalue weighted by molar-refractivity contribution is -0.105. The number of nitrogens with one attached hydrogen (secondary N) is 1. The van der Waals surface area contributed by atoms with Gasteiger partial charge in [-0.05, 0) is 24.8 Å². The van der Waals surface area contributed by atoms with E-state index in [2.05, 4.69) is 24.3 Å². The lowest BCUT2D eigenvalue weighted by atomic mass is 9.92. The number of aryl methyl sites for hydroxylation is 1. The molecule has 1 saturated carbocycles. The predicted molar refractivity (Wildman–Crippen MR) is 102 cm³/mol. The molecule has 1 aliphatic carbocycles. The van der Waals surface area contributed by atoms with Crippen molar-refractivity contribution in [1.82, 2.24) is 20.0 Å². The quantitative estimate of drug-likeness (QED) is 0.894. The Balaban J connectivity index is 1.59. The molecule has 3 rings (SSSR count). The molecule has 1 atom stereocenters. The van der Waals surface area contributed by atoms with Crippen LogP contribution < -0.4 is 5.32 Å². The summed E-state index contributed by atoms with van der Waals surface area (Å²) >= 11 is 0. The van der Waals surface area contributed by atoms with E-state index in [9.17, 15) is 4.79 Å². The standard InChI is InChI=1S/C20H34N4O2/c1-16(2)17(18-8-11-22-23(18)3)14-21-19(25)24-12-13-26-20(15-24)9-6-4-5-7-10-20/h8,11,16-17H,4-7,9-10,12-15H2,1-3H3,(H,21,25)/t17-/m0/s1. The van der Waals surface area contributed by atoms with Crippen LogP contribution in [-0.4, -0.2) is 52.6 Å². The molecule has 1 N–H and O–H groups in total. The van der Waals surface area contributed by atoms with Crippen LogP contribution in [-0.2, 0) is 11.8 Å². The Morgan fingerprint density at radius 2 is 2.04 bits per heavy atom. The van der Waals surface area contributed by atoms with Gasteiger partial charge in [0.1, 0.15) is 0 Å². The lowest BCUT2D eigenvalue weighted by Crippen LogP contribution is -2.56. The molecule has 1 spiro atoms. The first-order valence-corrected chi connectivity index (χ1v) is 10.2. The van der Waals surface area contributed by atoms with Gasteiger partial charge in [-0.25, -0.2) is 4.79 Å². The van der Waals surface area contributed by atoms with E-state index in [1.807, 2.05) is 28.9 Å². The first kappa shape index (κ1) is 19.2. The van der Waals surface area contributed by atoms with Crippen molar-refractivity contribution < 1.29 is 9.53 Å². The van der Waals surface area contributed by atoms with Crippen LogP contribution in [0.5, 0.6) is 0 Å². The minimum atomic E-state index is -0.106. The number of nitrogens with zero attached hydrogens (tertiary/aromatic N) is 3. The molecule has 1 aromatic heterocycles. The van der Waals surface area contributed by atoms with E-state index >= 15 is 0 Å². The van der Waals surface area contributed by atoms with Gasteiger partial charge < -0.3 is 15.0 Å². The molecule has 0 aromatic carbocycles. The Kier molecular flexibility index (Phi) is 6.22. The summed E-state index contributed by atoms with van der Waals surface area (Å²) in [5.74, 6) is 0.697. The van der Waals surface area contributed by atoms with Crippen molar-refractivity contribution in [2.45, 2.75) is 63.9 Å². The zero-order chi connectivity index (χ0) is 18.6. The van der Waals surface area contributed by atoms with E-state index in [1.54, 1.807) is 0 Å². The monoisotopic (exact) mass is 362 g/mol. The smallest absolute Gasteiger partial charge is 0.317 e. The summed E-state index contributed by atoms with van der Waals surface area (Å²) < 4.78 is 8.08. The molecule has 6 heteroatoms. The highest BCUT2D eigenvalue weighted by Crippen LogP contribution is 2.33. The molecule has 1 aliphatic heterocycles. The maximum Gasteiger partial charge on any atom is 0.317 e. The normalized spacial score (nSPS) is 21.6. The Labute approximate surface area is 157 Å². The van der Waals surface area contributed by atoms with Crippen molar-refractivity contribution >= 4 is 6.03 Å². The minimum Gasteiger partial charge on any atom is -0.371 e. The third kappa shape index (κ3) is 4.40. The molecule has 2 amide bonds. The fourth-order valence-electron chi connectivity index (χ4n) is 4.43. The molecule has 1 saturated heterocycles. The van der Waals surface area contributed by atoms with E-state index in [0.717, 1.165) is 19.4 Å². The Bertz CT molecular complexity index is 590. The van der Waals surface area contributed by atoms with Crippen molar-refractivity contribution in [3.63, 3.8) is 0 Å². The number of hydrogen-bond donors (Lipinski definition) is 1. The van der Waals surface area contributed by atoms with Crippen LogP contribution in [0.4, 0.5) is 4.79 Å². The Morgan fingerprint density at radius 3 is 2.65 bits per heavy atom. The summed E-state index contributed by atoms with van der Waals surface area (Å²) in [4.78, 5) is 14.8. The van der Waals surface area contributed by atoms with Crippen LogP contribution >= 0.6 is 0 Å². The van der Waals surface area contributed by atoms with Crippen molar-refractivity contribution in [2.75, 3.05) is 26.2 Å². The van der Waals surface area contributed by atoms with Gasteiger partial charge in [-0.3, -0.25) is 4.68 Å². The molecular weight excluding hydrogens is 328 g/mol. The summed E-state index contributed by atoms with van der Waals surface area (Å²) in [6.45, 7) is 7.10. The van der Waals surface area contributed by atoms with Gasteiger partial charge in [-0.1, -0.05) is 39.5 Å². The van der Waals surface area contributed by atoms with Crippen LogP contribution in [0.3, 0.4) is 0 Å². The van der Waals surface area contributed by atoms with Crippen molar-refractivity contribution in [1.29, 1.82) is 0 Å². The van der Waals surface area contributed by atoms with Crippen LogP contribution in [0.2, 0.25) is 0 Å². The number of aromatic nitrogens is 2. The first-order chi connectivity index (χ1) is 12.5. The summed E-state index contributed by atoms with van der Waals surface area (Å²) in [5, 5.41) is 7.46. The van der Waals surface area contributed by atoms with Gasteiger partial charge in [-0.2, -0.15) is 5.10 Å². The largest absolute Gasteiger partial charge is 0.371 e. The van der Waals surface area contributed by atoms with E-state index in [4.69, 9.17) is 4.74 Å². The third-order valence-electron chi connectivity index (χ3n) is 6.07. The summed E-state index contributed by atoms with van der Waals surface area (Å²) in [6.07, 6.45) is 9.00. The van der Waals surface area contributed by atoms with Crippen molar-refractivity contribution in [3.8, 4) is 0 Å². The van der Waals surface area contributed by atoms with E-state index in [0.29, 0.717) is 25.6 Å². The molecule has 0 bridgehead atoms. The predicted octanol–water partition coefficient (Wildman–Crippen LogP) is 3.29. The Morgan fingerprint density at radius 1 is 1.31 bits per heavy atom. The topological polar surface area (TPSA) is 59.4 Å². The van der Waals surface area contributed by atoms with E-state index < -0.39 is 0 Å². The van der Waals surface area contributed by atoms with Crippen LogP contribution in [0.25, 0.3) is 0 Å². The number of amides is 2. The number of carbonyl (C=O) groups is 1. The first-order valence-electron chi connectivity index (χ1n) is 10.2. The van der Waals surface area contributed by atoms with E-state index in [-0.39, 0.29) is 17.6 Å². The fraction of sp³-hybridized carbons (Fsp3) is 0.800. The summed E-state index contributed by atoms with van der Waals surface area (Å²) in [5.41, 5.74) is 1.06. The minimum absolute atomic E-state index is 0.0461. The maximum absolute atomic E-state index is 12.8. The van der Waals surface area contributed by atoms with Crippen LogP contribution in [0.15, 0.2) is 12.3 Å². The number of urea groups is 1. The average molecular weight is 363 g/mol. The SMILES string of the molecule is CC(C)[C@H](CNC(=O)N1CCOC2(CCCCCC2)C1)c1ccnn1C. The molecule has 26 heavy (non-hydrogen) atoms. The zero-order valence-corrected chi connectivity index (χ0v) is 16.5. The van der Waals surface area contributed by atoms with Gasteiger partial charge in [0.25, 0.3) is 0 Å². The fourth-order valence-corrected chi connectivity index (χ4v) is 4.43. The lowest BCUT2D eigenvalue weighted by Gasteiger charge is -2.42. The molecule has 2 heterocycles. The van der Waals surface area contributed by atoms with Gasteiger partial charge in [-0.15, -0.1) is 0 Å². The molecule has 6 nitrogen and oxygen atoms in total. The number of hydrogen-bond acceptors (Lipinski definition) is 3. The van der Waals surface area contributed by atoms with Gasteiger partial charge >= 0.3 is 6.03 Å². The highest BCUT2D eigenvalue weighted by atomic mass is 16.5. The molecular formula is C20H34N4O2. The van der Waals surface area contributed by atoms with Crippen molar-refractivity contribution in [2.24, 2.45) is 13.0 Å². The van der Waals surface area contributed by atoms with Gasteiger partial charge in [0.05, 0.1) is 18.8 Å². The van der Waals surface area contributed by atoms with Crippen LogP contribution in [0.1, 0.15) is 64.0 Å². The second kappa shape index (κ2) is 8.42. The molecule has 146 valence electrons. The second-order valence-corrected chi connectivity index (χ2v) is 8.28. The second-order valence-electron chi connectivity index (χ2n) is 8.28. The molecule has 0 unspecified atom stereocenters. The average Bonchev–Trinajstić information content (AvgIpc) is 2.91. The van der Waals surface area contributed by atoms with Gasteiger partial charge in [0.15, 0.2) is 0 Å². The van der Waals surface area contributed by atoms with Crippen molar-refractivity contribution in [3.05, 3.63) is 18.0 Å². The highest BCUT2D eigenvalue weighted by Gasteiger charge is 2.38. The van der Waals surface area contributed by atoms with Crippen LogP contribution in [0, 0.1) is 5.92 Å². The zero-order valence-electron chi connectivity index (χ0n) is 16.5. The third-order valence-corrected chi connectivity index (χ3v) is 6.07. The Hall–Kier alpha value is -1.56. The van der Waals surface area contributed by atoms with E-state index in [1.165, 1.54) is 31.4 Å². The molecule has 2 aliphatic rings. The highest BCUT2D eigenvalue weighted by molar-refractivity contribution is 5.74. The molecule has 2 fully saturated rings. The maximum atomic E-state index is 12.8. The molecule has 0 radical (unpaired) electrons.